The topological polar surface area (TPSA) is 140 Å². The highest BCUT2D eigenvalue weighted by Crippen LogP contribution is 2.41. The van der Waals surface area contributed by atoms with Crippen molar-refractivity contribution in [1.29, 1.82) is 0 Å². The van der Waals surface area contributed by atoms with Gasteiger partial charge in [-0.1, -0.05) is 26.7 Å². The number of aromatic nitrogens is 3. The zero-order chi connectivity index (χ0) is 25.6. The first-order valence-electron chi connectivity index (χ1n) is 11.8. The van der Waals surface area contributed by atoms with Crippen molar-refractivity contribution >= 4 is 28.7 Å². The van der Waals surface area contributed by atoms with Crippen molar-refractivity contribution in [3.8, 4) is 17.2 Å². The third kappa shape index (κ3) is 4.97. The van der Waals surface area contributed by atoms with Crippen molar-refractivity contribution < 1.29 is 19.0 Å². The quantitative estimate of drug-likeness (QED) is 0.335. The van der Waals surface area contributed by atoms with Crippen LogP contribution in [0.4, 0.5) is 11.6 Å². The first kappa shape index (κ1) is 26.1. The molecule has 0 fully saturated rings. The molecule has 0 saturated carbocycles. The van der Waals surface area contributed by atoms with Crippen LogP contribution in [0.3, 0.4) is 0 Å². The maximum absolute atomic E-state index is 12.7. The van der Waals surface area contributed by atoms with E-state index in [2.05, 4.69) is 5.32 Å². The zero-order valence-electron chi connectivity index (χ0n) is 21.2. The number of methoxy groups -OCH3 is 3. The fraction of sp³-hybridized carbons (Fsp3) is 0.480. The van der Waals surface area contributed by atoms with Gasteiger partial charge < -0.3 is 31.0 Å². The highest BCUT2D eigenvalue weighted by atomic mass is 16.5. The third-order valence-corrected chi connectivity index (χ3v) is 6.18. The van der Waals surface area contributed by atoms with E-state index in [-0.39, 0.29) is 5.91 Å². The average molecular weight is 485 g/mol. The molecule has 0 atom stereocenters. The highest BCUT2D eigenvalue weighted by molar-refractivity contribution is 5.87. The number of ether oxygens (including phenoxy) is 3. The number of amides is 1. The van der Waals surface area contributed by atoms with Gasteiger partial charge in [0, 0.05) is 30.9 Å². The summed E-state index contributed by atoms with van der Waals surface area (Å²) in [6, 6.07) is 7.34. The smallest absolute Gasteiger partial charge is 0.229 e. The van der Waals surface area contributed by atoms with Crippen molar-refractivity contribution in [1.82, 2.24) is 14.5 Å². The van der Waals surface area contributed by atoms with Crippen LogP contribution in [0.2, 0.25) is 0 Å². The van der Waals surface area contributed by atoms with Gasteiger partial charge in [0.2, 0.25) is 17.6 Å². The van der Waals surface area contributed by atoms with Crippen molar-refractivity contribution in [3.63, 3.8) is 0 Å². The van der Waals surface area contributed by atoms with Crippen molar-refractivity contribution in [2.45, 2.75) is 51.5 Å². The van der Waals surface area contributed by atoms with E-state index in [1.165, 1.54) is 0 Å². The number of nitrogens with one attached hydrogen (secondary N) is 1. The van der Waals surface area contributed by atoms with E-state index >= 15 is 0 Å². The molecule has 1 amide bonds. The van der Waals surface area contributed by atoms with Gasteiger partial charge in [0.05, 0.1) is 32.4 Å². The summed E-state index contributed by atoms with van der Waals surface area (Å²) >= 11 is 0. The minimum Gasteiger partial charge on any atom is -0.493 e. The van der Waals surface area contributed by atoms with Gasteiger partial charge >= 0.3 is 0 Å². The van der Waals surface area contributed by atoms with Crippen LogP contribution in [0.15, 0.2) is 24.3 Å². The summed E-state index contributed by atoms with van der Waals surface area (Å²) in [5, 5.41) is 3.33. The molecule has 35 heavy (non-hydrogen) atoms. The van der Waals surface area contributed by atoms with E-state index in [1.807, 2.05) is 30.5 Å². The number of nitrogens with two attached hydrogens (primary N) is 2. The molecule has 10 heteroatoms. The van der Waals surface area contributed by atoms with Crippen LogP contribution in [-0.2, 0) is 16.8 Å². The molecule has 3 rings (SSSR count). The highest BCUT2D eigenvalue weighted by Gasteiger charge is 2.38. The predicted octanol–water partition coefficient (Wildman–Crippen LogP) is 3.48. The number of carbonyl (C=O) groups excluding carboxylic acids is 1. The van der Waals surface area contributed by atoms with Crippen molar-refractivity contribution in [2.24, 2.45) is 11.5 Å². The summed E-state index contributed by atoms with van der Waals surface area (Å²) in [5.41, 5.74) is 13.7. The second-order valence-corrected chi connectivity index (χ2v) is 8.40. The normalized spacial score (nSPS) is 11.5. The lowest BCUT2D eigenvalue weighted by molar-refractivity contribution is -0.124. The second-order valence-electron chi connectivity index (χ2n) is 8.40. The minimum absolute atomic E-state index is 0.353. The number of rotatable bonds is 13. The Kier molecular flexibility index (Phi) is 8.39. The lowest BCUT2D eigenvalue weighted by Crippen LogP contribution is -2.42. The maximum Gasteiger partial charge on any atom is 0.229 e. The summed E-state index contributed by atoms with van der Waals surface area (Å²) in [6.45, 7) is 4.95. The standard InChI is InChI=1S/C25H36N6O4/c1-6-10-25(11-7-2,23(27)32)20-9-8-17-22(30-20)31(13-12-26)24(29-17)28-16-14-18(33-3)21(35-5)19(15-16)34-4/h8-9,14-15H,6-7,10-13,26H2,1-5H3,(H2,27,32)(H,28,29). The van der Waals surface area contributed by atoms with Crippen LogP contribution in [-0.4, -0.2) is 48.3 Å². The van der Waals surface area contributed by atoms with Gasteiger partial charge in [0.25, 0.3) is 0 Å². The number of carbonyl (C=O) groups is 1. The number of hydrogen-bond acceptors (Lipinski definition) is 8. The van der Waals surface area contributed by atoms with Gasteiger partial charge in [-0.05, 0) is 25.0 Å². The zero-order valence-corrected chi connectivity index (χ0v) is 21.2. The molecule has 0 unspecified atom stereocenters. The molecule has 5 N–H and O–H groups in total. The summed E-state index contributed by atoms with van der Waals surface area (Å²) in [5.74, 6) is 1.73. The molecule has 0 bridgehead atoms. The summed E-state index contributed by atoms with van der Waals surface area (Å²) in [7, 11) is 4.68. The molecule has 0 radical (unpaired) electrons. The number of primary amides is 1. The van der Waals surface area contributed by atoms with E-state index in [1.54, 1.807) is 33.5 Å². The van der Waals surface area contributed by atoms with Crippen LogP contribution < -0.4 is 31.0 Å². The molecule has 10 nitrogen and oxygen atoms in total. The van der Waals surface area contributed by atoms with Crippen LogP contribution >= 0.6 is 0 Å². The predicted molar refractivity (Wildman–Crippen MR) is 137 cm³/mol. The van der Waals surface area contributed by atoms with Gasteiger partial charge in [0.15, 0.2) is 17.1 Å². The first-order valence-corrected chi connectivity index (χ1v) is 11.8. The van der Waals surface area contributed by atoms with Gasteiger partial charge in [-0.15, -0.1) is 0 Å². The Labute approximate surface area is 206 Å². The van der Waals surface area contributed by atoms with E-state index in [4.69, 9.17) is 35.6 Å². The van der Waals surface area contributed by atoms with E-state index in [0.29, 0.717) is 71.7 Å². The Morgan fingerprint density at radius 3 is 2.14 bits per heavy atom. The number of benzene rings is 1. The minimum atomic E-state index is -0.820. The van der Waals surface area contributed by atoms with Crippen LogP contribution in [0, 0.1) is 0 Å². The maximum atomic E-state index is 12.7. The number of fused-ring (bicyclic) bond motifs is 1. The average Bonchev–Trinajstić information content (AvgIpc) is 3.19. The van der Waals surface area contributed by atoms with Gasteiger partial charge in [-0.25, -0.2) is 9.97 Å². The molecular weight excluding hydrogens is 448 g/mol. The largest absolute Gasteiger partial charge is 0.493 e. The summed E-state index contributed by atoms with van der Waals surface area (Å²) < 4.78 is 18.3. The van der Waals surface area contributed by atoms with Gasteiger partial charge in [0.1, 0.15) is 5.52 Å². The molecule has 1 aromatic carbocycles. The molecule has 0 aliphatic heterocycles. The number of imidazole rings is 1. The lowest BCUT2D eigenvalue weighted by atomic mass is 9.75. The van der Waals surface area contributed by atoms with Crippen molar-refractivity contribution in [3.05, 3.63) is 30.0 Å². The molecular formula is C25H36N6O4. The lowest BCUT2D eigenvalue weighted by Gasteiger charge is -2.29. The molecule has 0 saturated heterocycles. The number of anilines is 2. The molecule has 3 aromatic rings. The Morgan fingerprint density at radius 2 is 1.66 bits per heavy atom. The summed E-state index contributed by atoms with van der Waals surface area (Å²) in [6.07, 6.45) is 2.91. The van der Waals surface area contributed by atoms with E-state index in [0.717, 1.165) is 12.8 Å². The van der Waals surface area contributed by atoms with Gasteiger partial charge in [-0.3, -0.25) is 9.36 Å². The fourth-order valence-corrected chi connectivity index (χ4v) is 4.59. The van der Waals surface area contributed by atoms with Crippen molar-refractivity contribution in [2.75, 3.05) is 33.2 Å². The van der Waals surface area contributed by atoms with Crippen LogP contribution in [0.5, 0.6) is 17.2 Å². The van der Waals surface area contributed by atoms with E-state index < -0.39 is 5.41 Å². The Morgan fingerprint density at radius 1 is 1.03 bits per heavy atom. The number of pyridine rings is 1. The van der Waals surface area contributed by atoms with E-state index in [9.17, 15) is 4.79 Å². The second kappa shape index (κ2) is 11.3. The molecule has 190 valence electrons. The van der Waals surface area contributed by atoms with Gasteiger partial charge in [-0.2, -0.15) is 0 Å². The first-order chi connectivity index (χ1) is 16.9. The fourth-order valence-electron chi connectivity index (χ4n) is 4.59. The molecule has 0 spiro atoms. The Hall–Kier alpha value is -3.53. The molecule has 0 aliphatic carbocycles. The Balaban J connectivity index is 2.14. The Bertz CT molecular complexity index is 1150. The SMILES string of the molecule is CCCC(CCC)(C(N)=O)c1ccc2nc(Nc3cc(OC)c(OC)c(OC)c3)n(CCN)c2n1. The molecule has 2 heterocycles. The third-order valence-electron chi connectivity index (χ3n) is 6.18. The van der Waals surface area contributed by atoms with Crippen LogP contribution in [0.1, 0.15) is 45.2 Å². The number of hydrogen-bond donors (Lipinski definition) is 3. The molecule has 2 aromatic heterocycles. The monoisotopic (exact) mass is 484 g/mol. The van der Waals surface area contributed by atoms with Crippen LogP contribution in [0.25, 0.3) is 11.2 Å². The summed E-state index contributed by atoms with van der Waals surface area (Å²) in [4.78, 5) is 22.3. The molecule has 0 aliphatic rings. The number of nitrogens with zero attached hydrogens (tertiary/aromatic N) is 3.